The van der Waals surface area contributed by atoms with Crippen LogP contribution >= 0.6 is 15.9 Å². The lowest BCUT2D eigenvalue weighted by molar-refractivity contribution is -0.143. The molecule has 0 aliphatic rings. The molecule has 0 aliphatic carbocycles. The Balaban J connectivity index is 2.21. The Bertz CT molecular complexity index is 914. The van der Waals surface area contributed by atoms with Crippen LogP contribution in [0.4, 0.5) is 0 Å². The smallest absolute Gasteiger partial charge is 0.261 e. The van der Waals surface area contributed by atoms with Crippen LogP contribution in [0.3, 0.4) is 0 Å². The highest BCUT2D eigenvalue weighted by Crippen LogP contribution is 2.29. The molecule has 0 saturated heterocycles. The van der Waals surface area contributed by atoms with Crippen molar-refractivity contribution in [1.29, 1.82) is 0 Å². The van der Waals surface area contributed by atoms with E-state index in [0.717, 1.165) is 22.0 Å². The van der Waals surface area contributed by atoms with E-state index in [1.54, 1.807) is 4.90 Å². The Morgan fingerprint density at radius 2 is 1.88 bits per heavy atom. The van der Waals surface area contributed by atoms with E-state index in [-0.39, 0.29) is 18.4 Å². The molecule has 0 saturated carbocycles. The summed E-state index contributed by atoms with van der Waals surface area (Å²) in [5, 5.41) is 2.93. The first kappa shape index (κ1) is 25.9. The van der Waals surface area contributed by atoms with E-state index in [1.807, 2.05) is 63.2 Å². The molecule has 0 unspecified atom stereocenters. The van der Waals surface area contributed by atoms with Crippen LogP contribution in [-0.4, -0.2) is 35.9 Å². The summed E-state index contributed by atoms with van der Waals surface area (Å²) in [5.74, 6) is 0.670. The van der Waals surface area contributed by atoms with Gasteiger partial charge in [-0.3, -0.25) is 9.59 Å². The van der Waals surface area contributed by atoms with E-state index < -0.39 is 6.04 Å². The fourth-order valence-corrected chi connectivity index (χ4v) is 4.02. The number of amides is 2. The maximum Gasteiger partial charge on any atom is 0.261 e. The van der Waals surface area contributed by atoms with E-state index in [0.29, 0.717) is 31.2 Å². The van der Waals surface area contributed by atoms with Crippen LogP contribution in [0.15, 0.2) is 46.9 Å². The van der Waals surface area contributed by atoms with Crippen molar-refractivity contribution in [2.45, 2.75) is 66.0 Å². The van der Waals surface area contributed by atoms with Gasteiger partial charge < -0.3 is 15.0 Å². The SMILES string of the molecule is CCCNC(=O)[C@H](CC)N(Cc1cccc(C)c1)C(=O)COc1ccc(C(C)C)cc1Br. The van der Waals surface area contributed by atoms with Gasteiger partial charge in [-0.05, 0) is 64.9 Å². The van der Waals surface area contributed by atoms with Gasteiger partial charge in [-0.1, -0.05) is 63.6 Å². The van der Waals surface area contributed by atoms with Crippen molar-refractivity contribution in [2.24, 2.45) is 0 Å². The Morgan fingerprint density at radius 1 is 1.12 bits per heavy atom. The summed E-state index contributed by atoms with van der Waals surface area (Å²) in [5.41, 5.74) is 3.29. The molecule has 0 fully saturated rings. The molecule has 2 aromatic carbocycles. The van der Waals surface area contributed by atoms with Gasteiger partial charge in [-0.25, -0.2) is 0 Å². The third-order valence-electron chi connectivity index (χ3n) is 5.34. The minimum atomic E-state index is -0.551. The van der Waals surface area contributed by atoms with E-state index in [2.05, 4.69) is 35.1 Å². The third kappa shape index (κ3) is 7.37. The molecule has 0 bridgehead atoms. The van der Waals surface area contributed by atoms with Crippen LogP contribution in [0.25, 0.3) is 0 Å². The van der Waals surface area contributed by atoms with Crippen molar-refractivity contribution in [2.75, 3.05) is 13.2 Å². The van der Waals surface area contributed by atoms with Gasteiger partial charge in [0.25, 0.3) is 5.91 Å². The predicted molar refractivity (Wildman–Crippen MR) is 133 cm³/mol. The lowest BCUT2D eigenvalue weighted by atomic mass is 10.0. The topological polar surface area (TPSA) is 58.6 Å². The predicted octanol–water partition coefficient (Wildman–Crippen LogP) is 5.59. The quantitative estimate of drug-likeness (QED) is 0.435. The normalized spacial score (nSPS) is 11.8. The highest BCUT2D eigenvalue weighted by molar-refractivity contribution is 9.10. The molecule has 0 heterocycles. The number of nitrogens with one attached hydrogen (secondary N) is 1. The number of hydrogen-bond donors (Lipinski definition) is 1. The number of hydrogen-bond acceptors (Lipinski definition) is 3. The standard InChI is InChI=1S/C26H35BrN2O3/c1-6-13-28-26(31)23(7-2)29(16-20-10-8-9-19(5)14-20)25(30)17-32-24-12-11-21(18(3)4)15-22(24)27/h8-12,14-15,18,23H,6-7,13,16-17H2,1-5H3,(H,28,31)/t23-/m0/s1. The second kappa shape index (κ2) is 12.6. The molecule has 2 rings (SSSR count). The maximum atomic E-state index is 13.3. The molecule has 0 radical (unpaired) electrons. The van der Waals surface area contributed by atoms with Crippen LogP contribution < -0.4 is 10.1 Å². The minimum absolute atomic E-state index is 0.127. The molecule has 0 aliphatic heterocycles. The van der Waals surface area contributed by atoms with Gasteiger partial charge in [-0.15, -0.1) is 0 Å². The lowest BCUT2D eigenvalue weighted by Gasteiger charge is -2.30. The van der Waals surface area contributed by atoms with Gasteiger partial charge >= 0.3 is 0 Å². The molecule has 174 valence electrons. The fourth-order valence-electron chi connectivity index (χ4n) is 3.51. The number of benzene rings is 2. The number of rotatable bonds is 11. The number of carbonyl (C=O) groups is 2. The first-order valence-corrected chi connectivity index (χ1v) is 12.1. The Kier molecular flexibility index (Phi) is 10.2. The van der Waals surface area contributed by atoms with Crippen molar-refractivity contribution in [3.8, 4) is 5.75 Å². The molecule has 1 N–H and O–H groups in total. The average molecular weight is 503 g/mol. The summed E-state index contributed by atoms with van der Waals surface area (Å²) in [7, 11) is 0. The molecule has 0 spiro atoms. The van der Waals surface area contributed by atoms with E-state index in [9.17, 15) is 9.59 Å². The molecule has 6 heteroatoms. The van der Waals surface area contributed by atoms with Gasteiger partial charge in [0.15, 0.2) is 6.61 Å². The Morgan fingerprint density at radius 3 is 2.47 bits per heavy atom. The Hall–Kier alpha value is -2.34. The number of ether oxygens (including phenoxy) is 1. The lowest BCUT2D eigenvalue weighted by Crippen LogP contribution is -2.50. The van der Waals surface area contributed by atoms with Crippen molar-refractivity contribution in [3.63, 3.8) is 0 Å². The monoisotopic (exact) mass is 502 g/mol. The van der Waals surface area contributed by atoms with Crippen molar-refractivity contribution in [3.05, 3.63) is 63.6 Å². The van der Waals surface area contributed by atoms with Crippen LogP contribution in [0.2, 0.25) is 0 Å². The van der Waals surface area contributed by atoms with Gasteiger partial charge in [0, 0.05) is 13.1 Å². The largest absolute Gasteiger partial charge is 0.483 e. The maximum absolute atomic E-state index is 13.3. The first-order chi connectivity index (χ1) is 15.3. The number of halogens is 1. The van der Waals surface area contributed by atoms with Crippen molar-refractivity contribution < 1.29 is 14.3 Å². The van der Waals surface area contributed by atoms with Crippen LogP contribution in [0.1, 0.15) is 63.1 Å². The summed E-state index contributed by atoms with van der Waals surface area (Å²) >= 11 is 3.54. The van der Waals surface area contributed by atoms with Gasteiger partial charge in [0.05, 0.1) is 4.47 Å². The summed E-state index contributed by atoms with van der Waals surface area (Å²) in [6.45, 7) is 11.0. The zero-order chi connectivity index (χ0) is 23.7. The van der Waals surface area contributed by atoms with E-state index in [1.165, 1.54) is 5.56 Å². The zero-order valence-electron chi connectivity index (χ0n) is 19.8. The first-order valence-electron chi connectivity index (χ1n) is 11.3. The third-order valence-corrected chi connectivity index (χ3v) is 5.96. The second-order valence-corrected chi connectivity index (χ2v) is 9.21. The van der Waals surface area contributed by atoms with Crippen LogP contribution in [0.5, 0.6) is 5.75 Å². The second-order valence-electron chi connectivity index (χ2n) is 8.36. The fraction of sp³-hybridized carbons (Fsp3) is 0.462. The van der Waals surface area contributed by atoms with Gasteiger partial charge in [0.1, 0.15) is 11.8 Å². The summed E-state index contributed by atoms with van der Waals surface area (Å²) in [6, 6.07) is 13.4. The molecule has 2 amide bonds. The van der Waals surface area contributed by atoms with Crippen LogP contribution in [0, 0.1) is 6.92 Å². The number of nitrogens with zero attached hydrogens (tertiary/aromatic N) is 1. The molecule has 32 heavy (non-hydrogen) atoms. The zero-order valence-corrected chi connectivity index (χ0v) is 21.4. The van der Waals surface area contributed by atoms with Gasteiger partial charge in [-0.2, -0.15) is 0 Å². The number of aryl methyl sites for hydroxylation is 1. The van der Waals surface area contributed by atoms with Crippen molar-refractivity contribution >= 4 is 27.7 Å². The minimum Gasteiger partial charge on any atom is -0.483 e. The highest BCUT2D eigenvalue weighted by Gasteiger charge is 2.29. The van der Waals surface area contributed by atoms with Gasteiger partial charge in [0.2, 0.25) is 5.91 Å². The molecule has 1 atom stereocenters. The van der Waals surface area contributed by atoms with E-state index in [4.69, 9.17) is 4.74 Å². The Labute approximate surface area is 200 Å². The average Bonchev–Trinajstić information content (AvgIpc) is 2.76. The van der Waals surface area contributed by atoms with Crippen molar-refractivity contribution in [1.82, 2.24) is 10.2 Å². The molecular weight excluding hydrogens is 468 g/mol. The highest BCUT2D eigenvalue weighted by atomic mass is 79.9. The van der Waals surface area contributed by atoms with E-state index >= 15 is 0 Å². The van der Waals surface area contributed by atoms with Crippen LogP contribution in [-0.2, 0) is 16.1 Å². The number of carbonyl (C=O) groups excluding carboxylic acids is 2. The summed E-state index contributed by atoms with van der Waals surface area (Å²) in [4.78, 5) is 27.7. The summed E-state index contributed by atoms with van der Waals surface area (Å²) in [6.07, 6.45) is 1.37. The molecule has 2 aromatic rings. The molecule has 0 aromatic heterocycles. The molecular formula is C26H35BrN2O3. The molecule has 5 nitrogen and oxygen atoms in total. The summed E-state index contributed by atoms with van der Waals surface area (Å²) < 4.78 is 6.68.